The standard InChI is InChI=1S/C22H35FN6O2.HI/c1-26(2)21(30)18-25-22(24-8-5-9-27-14-16-31-17-15-27)29-12-10-28(11-13-29)20-7-4-3-6-19(20)23;/h3-4,6-7H,5,8-18H2,1-2H3,(H,24,25);1H. The van der Waals surface area contributed by atoms with Crippen molar-refractivity contribution in [2.45, 2.75) is 6.42 Å². The summed E-state index contributed by atoms with van der Waals surface area (Å²) in [6.45, 7) is 8.35. The van der Waals surface area contributed by atoms with Gasteiger partial charge in [-0.05, 0) is 25.1 Å². The van der Waals surface area contributed by atoms with Crippen LogP contribution in [0.1, 0.15) is 6.42 Å². The summed E-state index contributed by atoms with van der Waals surface area (Å²) in [5.74, 6) is 0.533. The van der Waals surface area contributed by atoms with Crippen molar-refractivity contribution in [2.24, 2.45) is 4.99 Å². The number of morpholine rings is 1. The number of carbonyl (C=O) groups excluding carboxylic acids is 1. The maximum absolute atomic E-state index is 14.1. The molecular weight excluding hydrogens is 526 g/mol. The summed E-state index contributed by atoms with van der Waals surface area (Å²) in [5, 5.41) is 3.44. The number of para-hydroxylation sites is 1. The van der Waals surface area contributed by atoms with Crippen molar-refractivity contribution in [2.75, 3.05) is 91.1 Å². The Kier molecular flexibility index (Phi) is 11.5. The average molecular weight is 562 g/mol. The van der Waals surface area contributed by atoms with E-state index in [-0.39, 0.29) is 42.2 Å². The summed E-state index contributed by atoms with van der Waals surface area (Å²) < 4.78 is 19.5. The summed E-state index contributed by atoms with van der Waals surface area (Å²) in [4.78, 5) is 24.8. The number of aliphatic imine (C=N–C) groups is 1. The molecule has 180 valence electrons. The van der Waals surface area contributed by atoms with E-state index in [1.165, 1.54) is 6.07 Å². The van der Waals surface area contributed by atoms with Gasteiger partial charge in [-0.2, -0.15) is 0 Å². The molecule has 0 bridgehead atoms. The van der Waals surface area contributed by atoms with E-state index in [9.17, 15) is 9.18 Å². The first-order valence-corrected chi connectivity index (χ1v) is 11.1. The molecule has 1 aromatic carbocycles. The number of ether oxygens (including phenoxy) is 1. The Hall–Kier alpha value is -1.66. The number of halogens is 2. The highest BCUT2D eigenvalue weighted by atomic mass is 127. The molecule has 2 aliphatic heterocycles. The lowest BCUT2D eigenvalue weighted by atomic mass is 10.2. The minimum Gasteiger partial charge on any atom is -0.379 e. The molecule has 2 fully saturated rings. The maximum atomic E-state index is 14.1. The zero-order valence-corrected chi connectivity index (χ0v) is 21.5. The number of piperazine rings is 1. The van der Waals surface area contributed by atoms with Crippen molar-refractivity contribution in [1.82, 2.24) is 20.0 Å². The molecule has 0 atom stereocenters. The largest absolute Gasteiger partial charge is 0.379 e. The predicted octanol–water partition coefficient (Wildman–Crippen LogP) is 1.32. The van der Waals surface area contributed by atoms with E-state index in [1.807, 2.05) is 12.1 Å². The number of carbonyl (C=O) groups is 1. The van der Waals surface area contributed by atoms with E-state index < -0.39 is 0 Å². The highest BCUT2D eigenvalue weighted by Gasteiger charge is 2.22. The zero-order valence-electron chi connectivity index (χ0n) is 19.1. The number of rotatable bonds is 7. The smallest absolute Gasteiger partial charge is 0.243 e. The van der Waals surface area contributed by atoms with Gasteiger partial charge >= 0.3 is 0 Å². The lowest BCUT2D eigenvalue weighted by molar-refractivity contribution is -0.127. The van der Waals surface area contributed by atoms with E-state index in [2.05, 4.69) is 25.0 Å². The van der Waals surface area contributed by atoms with Crippen molar-refractivity contribution >= 4 is 41.5 Å². The molecule has 0 spiro atoms. The minimum absolute atomic E-state index is 0. The molecule has 0 saturated carbocycles. The van der Waals surface area contributed by atoms with E-state index in [1.54, 1.807) is 25.1 Å². The number of hydrogen-bond donors (Lipinski definition) is 1. The van der Waals surface area contributed by atoms with Crippen LogP contribution >= 0.6 is 24.0 Å². The summed E-state index contributed by atoms with van der Waals surface area (Å²) >= 11 is 0. The van der Waals surface area contributed by atoms with Crippen LogP contribution in [0.15, 0.2) is 29.3 Å². The molecular formula is C22H36FIN6O2. The van der Waals surface area contributed by atoms with Gasteiger partial charge in [-0.25, -0.2) is 9.38 Å². The Bertz CT molecular complexity index is 737. The SMILES string of the molecule is CN(C)C(=O)CN=C(NCCCN1CCOCC1)N1CCN(c2ccccc2F)CC1.I. The molecule has 0 aliphatic carbocycles. The second-order valence-corrected chi connectivity index (χ2v) is 8.09. The number of likely N-dealkylation sites (N-methyl/N-ethyl adjacent to an activating group) is 1. The average Bonchev–Trinajstić information content (AvgIpc) is 2.79. The van der Waals surface area contributed by atoms with Gasteiger partial charge in [0.05, 0.1) is 18.9 Å². The van der Waals surface area contributed by atoms with Crippen molar-refractivity contribution in [1.29, 1.82) is 0 Å². The number of guanidine groups is 1. The fourth-order valence-corrected chi connectivity index (χ4v) is 3.75. The zero-order chi connectivity index (χ0) is 22.1. The van der Waals surface area contributed by atoms with Crippen LogP contribution in [0.25, 0.3) is 0 Å². The Labute approximate surface area is 207 Å². The lowest BCUT2D eigenvalue weighted by Crippen LogP contribution is -2.53. The van der Waals surface area contributed by atoms with Gasteiger partial charge in [0, 0.05) is 59.9 Å². The van der Waals surface area contributed by atoms with Gasteiger partial charge < -0.3 is 24.8 Å². The first-order chi connectivity index (χ1) is 15.0. The summed E-state index contributed by atoms with van der Waals surface area (Å²) in [5.41, 5.74) is 0.641. The van der Waals surface area contributed by atoms with Crippen molar-refractivity contribution < 1.29 is 13.9 Å². The maximum Gasteiger partial charge on any atom is 0.243 e. The Morgan fingerprint density at radius 2 is 1.81 bits per heavy atom. The van der Waals surface area contributed by atoms with Crippen molar-refractivity contribution in [3.8, 4) is 0 Å². The van der Waals surface area contributed by atoms with Crippen LogP contribution in [0.2, 0.25) is 0 Å². The molecule has 8 nitrogen and oxygen atoms in total. The third kappa shape index (κ3) is 8.04. The topological polar surface area (TPSA) is 63.7 Å². The van der Waals surface area contributed by atoms with Crippen molar-refractivity contribution in [3.63, 3.8) is 0 Å². The number of nitrogens with zero attached hydrogens (tertiary/aromatic N) is 5. The summed E-state index contributed by atoms with van der Waals surface area (Å²) in [6.07, 6.45) is 0.996. The molecule has 1 N–H and O–H groups in total. The second-order valence-electron chi connectivity index (χ2n) is 8.09. The number of benzene rings is 1. The first kappa shape index (κ1) is 26.6. The molecule has 1 aromatic rings. The molecule has 1 amide bonds. The second kappa shape index (κ2) is 13.8. The first-order valence-electron chi connectivity index (χ1n) is 11.1. The van der Waals surface area contributed by atoms with E-state index in [4.69, 9.17) is 4.74 Å². The van der Waals surface area contributed by atoms with Gasteiger partial charge in [0.2, 0.25) is 5.91 Å². The monoisotopic (exact) mass is 562 g/mol. The highest BCUT2D eigenvalue weighted by Crippen LogP contribution is 2.20. The molecule has 2 saturated heterocycles. The molecule has 2 heterocycles. The van der Waals surface area contributed by atoms with Crippen LogP contribution in [-0.4, -0.2) is 113 Å². The summed E-state index contributed by atoms with van der Waals surface area (Å²) in [6, 6.07) is 6.89. The number of anilines is 1. The number of hydrogen-bond acceptors (Lipinski definition) is 5. The fourth-order valence-electron chi connectivity index (χ4n) is 3.75. The summed E-state index contributed by atoms with van der Waals surface area (Å²) in [7, 11) is 3.47. The Morgan fingerprint density at radius 3 is 2.47 bits per heavy atom. The Balaban J connectivity index is 0.00000363. The van der Waals surface area contributed by atoms with Crippen LogP contribution < -0.4 is 10.2 Å². The molecule has 3 rings (SSSR count). The van der Waals surface area contributed by atoms with Crippen molar-refractivity contribution in [3.05, 3.63) is 30.1 Å². The molecule has 0 aromatic heterocycles. The predicted molar refractivity (Wildman–Crippen MR) is 136 cm³/mol. The van der Waals surface area contributed by atoms with Gasteiger partial charge in [-0.1, -0.05) is 12.1 Å². The van der Waals surface area contributed by atoms with E-state index in [0.717, 1.165) is 64.9 Å². The van der Waals surface area contributed by atoms with Gasteiger partial charge in [-0.15, -0.1) is 24.0 Å². The van der Waals surface area contributed by atoms with Crippen LogP contribution in [0, 0.1) is 5.82 Å². The minimum atomic E-state index is -0.192. The molecule has 0 unspecified atom stereocenters. The fraction of sp³-hybridized carbons (Fsp3) is 0.636. The molecule has 2 aliphatic rings. The lowest BCUT2D eigenvalue weighted by Gasteiger charge is -2.38. The Morgan fingerprint density at radius 1 is 1.12 bits per heavy atom. The molecule has 32 heavy (non-hydrogen) atoms. The van der Waals surface area contributed by atoms with Crippen LogP contribution in [0.4, 0.5) is 10.1 Å². The highest BCUT2D eigenvalue weighted by molar-refractivity contribution is 14.0. The van der Waals surface area contributed by atoms with E-state index >= 15 is 0 Å². The third-order valence-corrected chi connectivity index (χ3v) is 5.67. The third-order valence-electron chi connectivity index (χ3n) is 5.67. The van der Waals surface area contributed by atoms with Crippen LogP contribution in [0.5, 0.6) is 0 Å². The normalized spacial score (nSPS) is 17.7. The molecule has 10 heteroatoms. The van der Waals surface area contributed by atoms with Gasteiger partial charge in [0.15, 0.2) is 5.96 Å². The van der Waals surface area contributed by atoms with Gasteiger partial charge in [0.25, 0.3) is 0 Å². The van der Waals surface area contributed by atoms with Crippen LogP contribution in [-0.2, 0) is 9.53 Å². The number of amides is 1. The van der Waals surface area contributed by atoms with E-state index in [0.29, 0.717) is 18.8 Å². The van der Waals surface area contributed by atoms with Gasteiger partial charge in [-0.3, -0.25) is 9.69 Å². The number of nitrogens with one attached hydrogen (secondary N) is 1. The van der Waals surface area contributed by atoms with Crippen LogP contribution in [0.3, 0.4) is 0 Å². The quantitative estimate of drug-likeness (QED) is 0.234. The molecule has 0 radical (unpaired) electrons. The van der Waals surface area contributed by atoms with Gasteiger partial charge in [0.1, 0.15) is 12.4 Å².